The number of rotatable bonds is 0. The van der Waals surface area contributed by atoms with Gasteiger partial charge in [-0.1, -0.05) is 0 Å². The van der Waals surface area contributed by atoms with Crippen molar-refractivity contribution >= 4 is 34.7 Å². The summed E-state index contributed by atoms with van der Waals surface area (Å²) in [5, 5.41) is 0. The maximum Gasteiger partial charge on any atom is 2.00 e. The molecule has 0 aromatic rings. The predicted molar refractivity (Wildman–Crippen MR) is 11.5 cm³/mol. The molecule has 0 aliphatic rings. The van der Waals surface area contributed by atoms with E-state index in [2.05, 4.69) is 0 Å². The molecule has 0 amide bonds. The molecular weight excluding hydrogens is 230 g/mol. The summed E-state index contributed by atoms with van der Waals surface area (Å²) in [6.07, 6.45) is 0. The molecule has 0 spiro atoms. The van der Waals surface area contributed by atoms with E-state index >= 15 is 0 Å². The van der Waals surface area contributed by atoms with Crippen LogP contribution in [-0.2, 0) is 49.5 Å². The summed E-state index contributed by atoms with van der Waals surface area (Å²) in [6.45, 7) is 0. The van der Waals surface area contributed by atoms with Crippen LogP contribution in [0.5, 0.6) is 0 Å². The second kappa shape index (κ2) is 31.1. The van der Waals surface area contributed by atoms with Crippen LogP contribution in [0.4, 0.5) is 0 Å². The third-order valence-corrected chi connectivity index (χ3v) is 0. The van der Waals surface area contributed by atoms with E-state index in [1.807, 2.05) is 0 Å². The molecule has 0 atom stereocenters. The third kappa shape index (κ3) is 20.9. The molecule has 0 aliphatic heterocycles. The maximum atomic E-state index is 0. The van der Waals surface area contributed by atoms with Crippen LogP contribution in [0, 0.1) is 0 Å². The molecule has 0 saturated heterocycles. The second-order valence-corrected chi connectivity index (χ2v) is 0. The monoisotopic (exact) mass is 228 g/mol. The fourth-order valence-electron chi connectivity index (χ4n) is 0. The van der Waals surface area contributed by atoms with Gasteiger partial charge in [-0.3, -0.25) is 0 Å². The minimum Gasteiger partial charge on any atom is -3.00 e. The van der Waals surface area contributed by atoms with Gasteiger partial charge in [-0.2, -0.15) is 0 Å². The summed E-state index contributed by atoms with van der Waals surface area (Å²) in [6, 6.07) is 0. The van der Waals surface area contributed by atoms with Crippen molar-refractivity contribution in [2.24, 2.45) is 0 Å². The van der Waals surface area contributed by atoms with Crippen LogP contribution in [0.2, 0.25) is 0 Å². The molecule has 5 heavy (non-hydrogen) atoms. The van der Waals surface area contributed by atoms with Crippen molar-refractivity contribution in [2.45, 2.75) is 0 Å². The molecule has 0 heterocycles. The molecular formula is Al2Ni3. The Kier molecular flexibility index (Phi) is 310. The van der Waals surface area contributed by atoms with Crippen LogP contribution in [-0.4, -0.2) is 34.7 Å². The SMILES string of the molecule is [Al-3].[Al-3].[Ni+2].[Ni+2].[Ni+2]. The van der Waals surface area contributed by atoms with E-state index < -0.39 is 0 Å². The summed E-state index contributed by atoms with van der Waals surface area (Å²) in [7, 11) is 0. The summed E-state index contributed by atoms with van der Waals surface area (Å²) in [5.41, 5.74) is 0. The average Bonchev–Trinajstić information content (AvgIpc) is 0. The molecule has 0 unspecified atom stereocenters. The molecule has 0 aromatic heterocycles. The first-order valence-corrected chi connectivity index (χ1v) is 0. The van der Waals surface area contributed by atoms with Crippen LogP contribution in [0.15, 0.2) is 0 Å². The van der Waals surface area contributed by atoms with Gasteiger partial charge in [-0.05, 0) is 0 Å². The molecule has 5 heteroatoms. The minimum absolute atomic E-state index is 0. The van der Waals surface area contributed by atoms with Crippen LogP contribution >= 0.6 is 0 Å². The van der Waals surface area contributed by atoms with Crippen LogP contribution < -0.4 is 0 Å². The largest absolute Gasteiger partial charge is 3.00 e. The molecule has 4 radical (unpaired) electrons. The zero-order valence-electron chi connectivity index (χ0n) is 2.10. The Morgan fingerprint density at radius 2 is 0.400 bits per heavy atom. The fraction of sp³-hybridized carbons (Fsp3) is 0. The van der Waals surface area contributed by atoms with Gasteiger partial charge in [-0.25, -0.2) is 0 Å². The normalized spacial score (nSPS) is 0. The van der Waals surface area contributed by atoms with Crippen LogP contribution in [0.3, 0.4) is 0 Å². The molecule has 0 nitrogen and oxygen atoms in total. The first-order chi connectivity index (χ1) is 0. The van der Waals surface area contributed by atoms with E-state index in [0.717, 1.165) is 0 Å². The first kappa shape index (κ1) is 49.9. The summed E-state index contributed by atoms with van der Waals surface area (Å²) < 4.78 is 0. The summed E-state index contributed by atoms with van der Waals surface area (Å²) in [5.74, 6) is 0. The zero-order valence-corrected chi connectivity index (χ0v) is 7.38. The molecule has 0 bridgehead atoms. The molecule has 0 fully saturated rings. The Labute approximate surface area is 83.3 Å². The summed E-state index contributed by atoms with van der Waals surface area (Å²) in [4.78, 5) is 0. The minimum atomic E-state index is 0. The standard InChI is InChI=1S/2Al.3Ni/q2*-3;3*+2. The Morgan fingerprint density at radius 1 is 0.400 bits per heavy atom. The quantitative estimate of drug-likeness (QED) is 0.479. The van der Waals surface area contributed by atoms with Gasteiger partial charge in [0.05, 0.1) is 0 Å². The Bertz CT molecular complexity index is 4.85. The van der Waals surface area contributed by atoms with E-state index in [-0.39, 0.29) is 84.2 Å². The smallest absolute Gasteiger partial charge is 2.00 e. The topological polar surface area (TPSA) is 0 Å². The van der Waals surface area contributed by atoms with E-state index in [1.54, 1.807) is 0 Å². The van der Waals surface area contributed by atoms with E-state index in [9.17, 15) is 0 Å². The van der Waals surface area contributed by atoms with Gasteiger partial charge in [0.25, 0.3) is 0 Å². The molecule has 0 N–H and O–H groups in total. The van der Waals surface area contributed by atoms with Crippen molar-refractivity contribution in [2.75, 3.05) is 0 Å². The third-order valence-electron chi connectivity index (χ3n) is 0. The van der Waals surface area contributed by atoms with Gasteiger partial charge in [0.15, 0.2) is 0 Å². The fourth-order valence-corrected chi connectivity index (χ4v) is 0. The number of hydrogen-bond acceptors (Lipinski definition) is 0. The molecule has 0 saturated carbocycles. The van der Waals surface area contributed by atoms with Crippen molar-refractivity contribution < 1.29 is 49.5 Å². The first-order valence-electron chi connectivity index (χ1n) is 0. The number of hydrogen-bond donors (Lipinski definition) is 0. The molecule has 0 aromatic carbocycles. The Balaban J connectivity index is 0. The Hall–Kier alpha value is 2.55. The van der Waals surface area contributed by atoms with Crippen molar-refractivity contribution in [1.29, 1.82) is 0 Å². The Morgan fingerprint density at radius 3 is 0.400 bits per heavy atom. The van der Waals surface area contributed by atoms with Crippen molar-refractivity contribution in [3.8, 4) is 0 Å². The second-order valence-electron chi connectivity index (χ2n) is 0. The average molecular weight is 230 g/mol. The maximum absolute atomic E-state index is 0. The zero-order chi connectivity index (χ0) is 0. The van der Waals surface area contributed by atoms with E-state index in [1.165, 1.54) is 0 Å². The van der Waals surface area contributed by atoms with Gasteiger partial charge in [0, 0.05) is 0 Å². The van der Waals surface area contributed by atoms with Crippen molar-refractivity contribution in [3.05, 3.63) is 0 Å². The van der Waals surface area contributed by atoms with Crippen LogP contribution in [0.25, 0.3) is 0 Å². The molecule has 0 rings (SSSR count). The van der Waals surface area contributed by atoms with Gasteiger partial charge < -0.3 is 34.7 Å². The summed E-state index contributed by atoms with van der Waals surface area (Å²) >= 11 is 0. The van der Waals surface area contributed by atoms with Crippen molar-refractivity contribution in [3.63, 3.8) is 0 Å². The van der Waals surface area contributed by atoms with Gasteiger partial charge >= 0.3 is 49.5 Å². The van der Waals surface area contributed by atoms with Gasteiger partial charge in [0.2, 0.25) is 0 Å². The predicted octanol–water partition coefficient (Wildman–Crippen LogP) is -0.769. The van der Waals surface area contributed by atoms with E-state index in [0.29, 0.717) is 0 Å². The molecule has 0 aliphatic carbocycles. The van der Waals surface area contributed by atoms with Crippen LogP contribution in [0.1, 0.15) is 0 Å². The van der Waals surface area contributed by atoms with Gasteiger partial charge in [-0.15, -0.1) is 0 Å². The van der Waals surface area contributed by atoms with Crippen molar-refractivity contribution in [1.82, 2.24) is 0 Å². The molecule has 36 valence electrons. The van der Waals surface area contributed by atoms with Gasteiger partial charge in [0.1, 0.15) is 0 Å². The van der Waals surface area contributed by atoms with E-state index in [4.69, 9.17) is 0 Å².